The second-order valence-corrected chi connectivity index (χ2v) is 6.39. The van der Waals surface area contributed by atoms with Gasteiger partial charge >= 0.3 is 6.03 Å². The molecule has 1 aliphatic rings. The number of benzene rings is 1. The number of hydrogen-bond acceptors (Lipinski definition) is 3. The predicted molar refractivity (Wildman–Crippen MR) is 89.1 cm³/mol. The Morgan fingerprint density at radius 3 is 2.73 bits per heavy atom. The second kappa shape index (κ2) is 8.03. The van der Waals surface area contributed by atoms with Crippen LogP contribution in [0.4, 0.5) is 10.5 Å². The van der Waals surface area contributed by atoms with Gasteiger partial charge in [0, 0.05) is 24.8 Å². The molecule has 1 saturated heterocycles. The molecule has 5 nitrogen and oxygen atoms in total. The standard InChI is InChI=1S/C17H27N3O2/c1-13(2)10-15(12-21)19-17(22)18-14-8-9-20(11-14)16-6-4-3-5-7-16/h3-7,13-15,21H,8-12H2,1-2H3,(H2,18,19,22). The normalized spacial score (nSPS) is 19.3. The molecule has 0 spiro atoms. The van der Waals surface area contributed by atoms with E-state index in [2.05, 4.69) is 41.5 Å². The first-order chi connectivity index (χ1) is 10.6. The van der Waals surface area contributed by atoms with Crippen LogP contribution in [-0.4, -0.2) is 42.9 Å². The third kappa shape index (κ3) is 4.91. The van der Waals surface area contributed by atoms with Gasteiger partial charge in [0.15, 0.2) is 0 Å². The zero-order valence-corrected chi connectivity index (χ0v) is 13.5. The van der Waals surface area contributed by atoms with Gasteiger partial charge in [-0.3, -0.25) is 0 Å². The maximum absolute atomic E-state index is 12.0. The number of nitrogens with one attached hydrogen (secondary N) is 2. The summed E-state index contributed by atoms with van der Waals surface area (Å²) in [6.07, 6.45) is 1.72. The maximum atomic E-state index is 12.0. The molecule has 0 bridgehead atoms. The predicted octanol–water partition coefficient (Wildman–Crippen LogP) is 1.97. The summed E-state index contributed by atoms with van der Waals surface area (Å²) < 4.78 is 0. The molecule has 0 saturated carbocycles. The van der Waals surface area contributed by atoms with Crippen molar-refractivity contribution >= 4 is 11.7 Å². The monoisotopic (exact) mass is 305 g/mol. The highest BCUT2D eigenvalue weighted by Gasteiger charge is 2.24. The molecule has 1 heterocycles. The van der Waals surface area contributed by atoms with Crippen LogP contribution in [-0.2, 0) is 0 Å². The van der Waals surface area contributed by atoms with Crippen LogP contribution < -0.4 is 15.5 Å². The minimum absolute atomic E-state index is 0.0214. The van der Waals surface area contributed by atoms with E-state index in [1.807, 2.05) is 18.2 Å². The summed E-state index contributed by atoms with van der Waals surface area (Å²) in [7, 11) is 0. The third-order valence-corrected chi connectivity index (χ3v) is 3.96. The molecular formula is C17H27N3O2. The van der Waals surface area contributed by atoms with Gasteiger partial charge in [0.2, 0.25) is 0 Å². The minimum Gasteiger partial charge on any atom is -0.394 e. The van der Waals surface area contributed by atoms with Crippen molar-refractivity contribution < 1.29 is 9.90 Å². The zero-order valence-electron chi connectivity index (χ0n) is 13.5. The number of hydrogen-bond donors (Lipinski definition) is 3. The van der Waals surface area contributed by atoms with Crippen molar-refractivity contribution in [1.82, 2.24) is 10.6 Å². The second-order valence-electron chi connectivity index (χ2n) is 6.39. The Balaban J connectivity index is 1.78. The molecule has 2 atom stereocenters. The highest BCUT2D eigenvalue weighted by atomic mass is 16.3. The number of rotatable bonds is 6. The number of nitrogens with zero attached hydrogens (tertiary/aromatic N) is 1. The molecule has 1 fully saturated rings. The first-order valence-corrected chi connectivity index (χ1v) is 8.06. The van der Waals surface area contributed by atoms with Gasteiger partial charge < -0.3 is 20.6 Å². The van der Waals surface area contributed by atoms with Gasteiger partial charge in [0.05, 0.1) is 12.6 Å². The number of aliphatic hydroxyl groups is 1. The number of anilines is 1. The summed E-state index contributed by atoms with van der Waals surface area (Å²) in [5, 5.41) is 15.2. The van der Waals surface area contributed by atoms with Gasteiger partial charge in [-0.2, -0.15) is 0 Å². The van der Waals surface area contributed by atoms with E-state index in [-0.39, 0.29) is 24.7 Å². The number of urea groups is 1. The summed E-state index contributed by atoms with van der Waals surface area (Å²) in [4.78, 5) is 14.3. The van der Waals surface area contributed by atoms with E-state index in [1.165, 1.54) is 5.69 Å². The highest BCUT2D eigenvalue weighted by molar-refractivity contribution is 5.74. The van der Waals surface area contributed by atoms with Crippen LogP contribution in [0.1, 0.15) is 26.7 Å². The Morgan fingerprint density at radius 1 is 1.36 bits per heavy atom. The lowest BCUT2D eigenvalue weighted by molar-refractivity contribution is 0.205. The van der Waals surface area contributed by atoms with E-state index in [4.69, 9.17) is 0 Å². The average molecular weight is 305 g/mol. The molecule has 2 amide bonds. The maximum Gasteiger partial charge on any atom is 0.315 e. The topological polar surface area (TPSA) is 64.6 Å². The number of para-hydroxylation sites is 1. The van der Waals surface area contributed by atoms with E-state index >= 15 is 0 Å². The third-order valence-electron chi connectivity index (χ3n) is 3.96. The summed E-state index contributed by atoms with van der Waals surface area (Å²) >= 11 is 0. The van der Waals surface area contributed by atoms with Crippen LogP contribution in [0.25, 0.3) is 0 Å². The Labute approximate surface area is 132 Å². The van der Waals surface area contributed by atoms with Gasteiger partial charge in [-0.25, -0.2) is 4.79 Å². The summed E-state index contributed by atoms with van der Waals surface area (Å²) in [6, 6.07) is 10.0. The van der Waals surface area contributed by atoms with Gasteiger partial charge in [0.25, 0.3) is 0 Å². The number of carbonyl (C=O) groups is 1. The molecule has 2 rings (SSSR count). The van der Waals surface area contributed by atoms with E-state index < -0.39 is 0 Å². The van der Waals surface area contributed by atoms with Crippen LogP contribution >= 0.6 is 0 Å². The Morgan fingerprint density at radius 2 is 2.09 bits per heavy atom. The number of amides is 2. The zero-order chi connectivity index (χ0) is 15.9. The first kappa shape index (κ1) is 16.6. The van der Waals surface area contributed by atoms with Crippen LogP contribution in [0.5, 0.6) is 0 Å². The molecule has 5 heteroatoms. The van der Waals surface area contributed by atoms with Crippen LogP contribution in [0.3, 0.4) is 0 Å². The van der Waals surface area contributed by atoms with Crippen LogP contribution in [0.15, 0.2) is 30.3 Å². The molecule has 0 radical (unpaired) electrons. The lowest BCUT2D eigenvalue weighted by Crippen LogP contribution is -2.48. The quantitative estimate of drug-likeness (QED) is 0.753. The molecule has 1 aromatic carbocycles. The van der Waals surface area contributed by atoms with E-state index in [0.29, 0.717) is 5.92 Å². The summed E-state index contributed by atoms with van der Waals surface area (Å²) in [5.41, 5.74) is 1.19. The molecule has 3 N–H and O–H groups in total. The van der Waals surface area contributed by atoms with Crippen molar-refractivity contribution in [2.24, 2.45) is 5.92 Å². The van der Waals surface area contributed by atoms with Crippen molar-refractivity contribution in [2.45, 2.75) is 38.8 Å². The lowest BCUT2D eigenvalue weighted by atomic mass is 10.0. The van der Waals surface area contributed by atoms with Crippen molar-refractivity contribution in [3.8, 4) is 0 Å². The van der Waals surface area contributed by atoms with Crippen molar-refractivity contribution in [1.29, 1.82) is 0 Å². The van der Waals surface area contributed by atoms with Crippen molar-refractivity contribution in [2.75, 3.05) is 24.6 Å². The fourth-order valence-corrected chi connectivity index (χ4v) is 2.91. The molecule has 22 heavy (non-hydrogen) atoms. The Hall–Kier alpha value is -1.75. The average Bonchev–Trinajstić information content (AvgIpc) is 2.95. The molecule has 122 valence electrons. The fourth-order valence-electron chi connectivity index (χ4n) is 2.91. The molecule has 1 aromatic rings. The summed E-state index contributed by atoms with van der Waals surface area (Å²) in [6.45, 7) is 5.91. The molecule has 0 aromatic heterocycles. The molecule has 2 unspecified atom stereocenters. The Bertz CT molecular complexity index is 464. The minimum atomic E-state index is -0.181. The van der Waals surface area contributed by atoms with E-state index in [0.717, 1.165) is 25.9 Å². The van der Waals surface area contributed by atoms with E-state index in [1.54, 1.807) is 0 Å². The van der Waals surface area contributed by atoms with Gasteiger partial charge in [-0.15, -0.1) is 0 Å². The highest BCUT2D eigenvalue weighted by Crippen LogP contribution is 2.19. The fraction of sp³-hybridized carbons (Fsp3) is 0.588. The Kier molecular flexibility index (Phi) is 6.07. The molecular weight excluding hydrogens is 278 g/mol. The SMILES string of the molecule is CC(C)CC(CO)NC(=O)NC1CCN(c2ccccc2)C1. The van der Waals surface area contributed by atoms with Crippen molar-refractivity contribution in [3.05, 3.63) is 30.3 Å². The van der Waals surface area contributed by atoms with E-state index in [9.17, 15) is 9.90 Å². The smallest absolute Gasteiger partial charge is 0.315 e. The number of aliphatic hydroxyl groups excluding tert-OH is 1. The molecule has 1 aliphatic heterocycles. The van der Waals surface area contributed by atoms with Gasteiger partial charge in [-0.05, 0) is 30.9 Å². The van der Waals surface area contributed by atoms with Crippen LogP contribution in [0, 0.1) is 5.92 Å². The summed E-state index contributed by atoms with van der Waals surface area (Å²) in [5.74, 6) is 0.442. The first-order valence-electron chi connectivity index (χ1n) is 8.06. The van der Waals surface area contributed by atoms with Crippen molar-refractivity contribution in [3.63, 3.8) is 0 Å². The van der Waals surface area contributed by atoms with Gasteiger partial charge in [0.1, 0.15) is 0 Å². The molecule has 0 aliphatic carbocycles. The number of carbonyl (C=O) groups excluding carboxylic acids is 1. The largest absolute Gasteiger partial charge is 0.394 e. The lowest BCUT2D eigenvalue weighted by Gasteiger charge is -2.21. The van der Waals surface area contributed by atoms with Crippen LogP contribution in [0.2, 0.25) is 0 Å². The van der Waals surface area contributed by atoms with Gasteiger partial charge in [-0.1, -0.05) is 32.0 Å².